The van der Waals surface area contributed by atoms with Crippen LogP contribution in [-0.4, -0.2) is 43.2 Å². The van der Waals surface area contributed by atoms with Crippen LogP contribution in [0.25, 0.3) is 0 Å². The molecule has 1 aliphatic rings. The fourth-order valence-electron chi connectivity index (χ4n) is 3.13. The Morgan fingerprint density at radius 3 is 2.58 bits per heavy atom. The Hall–Kier alpha value is -1.99. The van der Waals surface area contributed by atoms with Gasteiger partial charge in [0.25, 0.3) is 0 Å². The van der Waals surface area contributed by atoms with Gasteiger partial charge in [-0.15, -0.1) is 0 Å². The Kier molecular flexibility index (Phi) is 6.69. The van der Waals surface area contributed by atoms with Gasteiger partial charge in [0.1, 0.15) is 18.0 Å². The minimum Gasteiger partial charge on any atom is -0.316 e. The van der Waals surface area contributed by atoms with Gasteiger partial charge in [0.05, 0.1) is 0 Å². The SMILES string of the molecule is CNCC(C#N)(C#N)NCC1CCCCN1Cc1ccc(F)cc1. The Labute approximate surface area is 143 Å². The van der Waals surface area contributed by atoms with E-state index in [1.165, 1.54) is 12.1 Å². The first-order chi connectivity index (χ1) is 11.6. The number of rotatable bonds is 7. The number of nitrogens with zero attached hydrogens (tertiary/aromatic N) is 3. The van der Waals surface area contributed by atoms with E-state index in [0.717, 1.165) is 37.9 Å². The standard InChI is InChI=1S/C18H24FN5/c1-22-14-18(12-20,13-21)23-10-17-4-2-3-9-24(17)11-15-5-7-16(19)8-6-15/h5-8,17,22-23H,2-4,9-11,14H2,1H3. The summed E-state index contributed by atoms with van der Waals surface area (Å²) in [7, 11) is 1.73. The third-order valence-corrected chi connectivity index (χ3v) is 4.51. The smallest absolute Gasteiger partial charge is 0.206 e. The lowest BCUT2D eigenvalue weighted by molar-refractivity contribution is 0.134. The molecular weight excluding hydrogens is 305 g/mol. The molecule has 6 heteroatoms. The summed E-state index contributed by atoms with van der Waals surface area (Å²) >= 11 is 0. The summed E-state index contributed by atoms with van der Waals surface area (Å²) in [5.41, 5.74) is -0.126. The van der Waals surface area contributed by atoms with Gasteiger partial charge in [-0.2, -0.15) is 10.5 Å². The number of likely N-dealkylation sites (tertiary alicyclic amines) is 1. The fraction of sp³-hybridized carbons (Fsp3) is 0.556. The van der Waals surface area contributed by atoms with Gasteiger partial charge in [-0.05, 0) is 44.1 Å². The third kappa shape index (κ3) is 4.75. The van der Waals surface area contributed by atoms with Crippen molar-refractivity contribution in [2.75, 3.05) is 26.7 Å². The Balaban J connectivity index is 2.00. The number of hydrogen-bond donors (Lipinski definition) is 2. The number of hydrogen-bond acceptors (Lipinski definition) is 5. The zero-order valence-corrected chi connectivity index (χ0v) is 14.1. The summed E-state index contributed by atoms with van der Waals surface area (Å²) in [5, 5.41) is 24.7. The van der Waals surface area contributed by atoms with Crippen molar-refractivity contribution in [2.24, 2.45) is 0 Å². The van der Waals surface area contributed by atoms with Gasteiger partial charge in [-0.25, -0.2) is 4.39 Å². The maximum atomic E-state index is 13.1. The molecule has 1 heterocycles. The van der Waals surface area contributed by atoms with Crippen LogP contribution in [0.3, 0.4) is 0 Å². The minimum absolute atomic E-state index is 0.226. The number of benzene rings is 1. The van der Waals surface area contributed by atoms with Crippen LogP contribution in [0.2, 0.25) is 0 Å². The van der Waals surface area contributed by atoms with E-state index in [9.17, 15) is 14.9 Å². The molecule has 0 aliphatic carbocycles. The molecule has 0 spiro atoms. The predicted molar refractivity (Wildman–Crippen MR) is 90.3 cm³/mol. The van der Waals surface area contributed by atoms with Gasteiger partial charge in [0, 0.05) is 25.7 Å². The molecule has 0 bridgehead atoms. The summed E-state index contributed by atoms with van der Waals surface area (Å²) in [6.07, 6.45) is 3.31. The van der Waals surface area contributed by atoms with Crippen molar-refractivity contribution in [1.82, 2.24) is 15.5 Å². The van der Waals surface area contributed by atoms with Crippen LogP contribution in [0.5, 0.6) is 0 Å². The van der Waals surface area contributed by atoms with Gasteiger partial charge in [-0.3, -0.25) is 10.2 Å². The molecule has 1 unspecified atom stereocenters. The van der Waals surface area contributed by atoms with Crippen LogP contribution in [0.15, 0.2) is 24.3 Å². The van der Waals surface area contributed by atoms with E-state index < -0.39 is 5.54 Å². The van der Waals surface area contributed by atoms with Crippen molar-refractivity contribution < 1.29 is 4.39 Å². The summed E-state index contributed by atoms with van der Waals surface area (Å²) in [5.74, 6) is -0.226. The highest BCUT2D eigenvalue weighted by Gasteiger charge is 2.31. The highest BCUT2D eigenvalue weighted by molar-refractivity contribution is 5.23. The van der Waals surface area contributed by atoms with Gasteiger partial charge >= 0.3 is 0 Å². The minimum atomic E-state index is -1.20. The van der Waals surface area contributed by atoms with Crippen molar-refractivity contribution >= 4 is 0 Å². The maximum Gasteiger partial charge on any atom is 0.206 e. The van der Waals surface area contributed by atoms with E-state index >= 15 is 0 Å². The van der Waals surface area contributed by atoms with Crippen molar-refractivity contribution in [1.29, 1.82) is 10.5 Å². The Morgan fingerprint density at radius 1 is 1.25 bits per heavy atom. The molecule has 1 fully saturated rings. The van der Waals surface area contributed by atoms with Crippen LogP contribution in [0, 0.1) is 28.5 Å². The first-order valence-corrected chi connectivity index (χ1v) is 8.33. The second kappa shape index (κ2) is 8.75. The zero-order chi connectivity index (χ0) is 17.4. The molecule has 5 nitrogen and oxygen atoms in total. The molecule has 1 saturated heterocycles. The lowest BCUT2D eigenvalue weighted by atomic mass is 9.98. The highest BCUT2D eigenvalue weighted by atomic mass is 19.1. The van der Waals surface area contributed by atoms with Crippen LogP contribution >= 0.6 is 0 Å². The molecule has 2 N–H and O–H groups in total. The Bertz CT molecular complexity index is 587. The summed E-state index contributed by atoms with van der Waals surface area (Å²) in [6.45, 7) is 2.60. The molecule has 0 aromatic heterocycles. The molecule has 1 aliphatic heterocycles. The number of nitrogens with one attached hydrogen (secondary N) is 2. The fourth-order valence-corrected chi connectivity index (χ4v) is 3.13. The first kappa shape index (κ1) is 18.4. The maximum absolute atomic E-state index is 13.1. The van der Waals surface area contributed by atoms with Gasteiger partial charge in [0.2, 0.25) is 5.54 Å². The normalized spacial score (nSPS) is 18.8. The van der Waals surface area contributed by atoms with Crippen molar-refractivity contribution in [3.8, 4) is 12.1 Å². The van der Waals surface area contributed by atoms with Crippen LogP contribution in [0.1, 0.15) is 24.8 Å². The largest absolute Gasteiger partial charge is 0.316 e. The topological polar surface area (TPSA) is 74.9 Å². The highest BCUT2D eigenvalue weighted by Crippen LogP contribution is 2.20. The van der Waals surface area contributed by atoms with Crippen molar-refractivity contribution in [3.05, 3.63) is 35.6 Å². The molecule has 0 radical (unpaired) electrons. The van der Waals surface area contributed by atoms with Gasteiger partial charge < -0.3 is 5.32 Å². The third-order valence-electron chi connectivity index (χ3n) is 4.51. The monoisotopic (exact) mass is 329 g/mol. The van der Waals surface area contributed by atoms with Crippen LogP contribution in [0.4, 0.5) is 4.39 Å². The molecule has 1 aromatic carbocycles. The summed E-state index contributed by atoms with van der Waals surface area (Å²) in [4.78, 5) is 2.35. The molecule has 1 atom stereocenters. The lowest BCUT2D eigenvalue weighted by Gasteiger charge is -2.37. The van der Waals surface area contributed by atoms with E-state index in [0.29, 0.717) is 6.54 Å². The quantitative estimate of drug-likeness (QED) is 0.797. The average Bonchev–Trinajstić information content (AvgIpc) is 2.62. The second-order valence-corrected chi connectivity index (χ2v) is 6.29. The summed E-state index contributed by atoms with van der Waals surface area (Å²) in [6, 6.07) is 11.0. The van der Waals surface area contributed by atoms with Gasteiger partial charge in [0.15, 0.2) is 0 Å². The lowest BCUT2D eigenvalue weighted by Crippen LogP contribution is -2.55. The number of piperidine rings is 1. The average molecular weight is 329 g/mol. The van der Waals surface area contributed by atoms with E-state index in [-0.39, 0.29) is 18.4 Å². The van der Waals surface area contributed by atoms with E-state index in [1.54, 1.807) is 7.05 Å². The predicted octanol–water partition coefficient (Wildman–Crippen LogP) is 1.78. The van der Waals surface area contributed by atoms with E-state index in [1.807, 2.05) is 12.1 Å². The van der Waals surface area contributed by atoms with E-state index in [4.69, 9.17) is 0 Å². The van der Waals surface area contributed by atoms with Crippen LogP contribution in [-0.2, 0) is 6.54 Å². The molecule has 128 valence electrons. The molecular formula is C18H24FN5. The molecule has 2 rings (SSSR count). The summed E-state index contributed by atoms with van der Waals surface area (Å²) < 4.78 is 13.1. The number of nitriles is 2. The molecule has 24 heavy (non-hydrogen) atoms. The Morgan fingerprint density at radius 2 is 1.96 bits per heavy atom. The number of likely N-dealkylation sites (N-methyl/N-ethyl adjacent to an activating group) is 1. The van der Waals surface area contributed by atoms with Gasteiger partial charge in [-0.1, -0.05) is 18.6 Å². The van der Waals surface area contributed by atoms with Crippen molar-refractivity contribution in [2.45, 2.75) is 37.4 Å². The number of halogens is 1. The molecule has 1 aromatic rings. The van der Waals surface area contributed by atoms with E-state index in [2.05, 4.69) is 27.7 Å². The van der Waals surface area contributed by atoms with Crippen LogP contribution < -0.4 is 10.6 Å². The second-order valence-electron chi connectivity index (χ2n) is 6.29. The first-order valence-electron chi connectivity index (χ1n) is 8.33. The molecule has 0 amide bonds. The van der Waals surface area contributed by atoms with Crippen molar-refractivity contribution in [3.63, 3.8) is 0 Å². The molecule has 0 saturated carbocycles. The zero-order valence-electron chi connectivity index (χ0n) is 14.1.